The van der Waals surface area contributed by atoms with Crippen LogP contribution >= 0.6 is 11.6 Å². The molecular formula is C23H25ClN2O. The van der Waals surface area contributed by atoms with E-state index in [1.54, 1.807) is 0 Å². The predicted molar refractivity (Wildman–Crippen MR) is 109 cm³/mol. The van der Waals surface area contributed by atoms with Crippen molar-refractivity contribution in [1.29, 1.82) is 0 Å². The molecule has 1 saturated carbocycles. The molecule has 1 aliphatic carbocycles. The second-order valence-corrected chi connectivity index (χ2v) is 8.50. The van der Waals surface area contributed by atoms with Gasteiger partial charge >= 0.3 is 0 Å². The number of nitrogens with zero attached hydrogens (tertiary/aromatic N) is 2. The van der Waals surface area contributed by atoms with Gasteiger partial charge < -0.3 is 4.74 Å². The van der Waals surface area contributed by atoms with Crippen LogP contribution in [0.25, 0.3) is 0 Å². The summed E-state index contributed by atoms with van der Waals surface area (Å²) in [5, 5.41) is 8.16. The van der Waals surface area contributed by atoms with Crippen LogP contribution in [-0.2, 0) is 0 Å². The molecule has 0 amide bonds. The Morgan fingerprint density at radius 2 is 1.93 bits per heavy atom. The number of rotatable bonds is 2. The van der Waals surface area contributed by atoms with E-state index in [2.05, 4.69) is 48.3 Å². The molecule has 0 radical (unpaired) electrons. The number of ether oxygens (including phenoxy) is 1. The van der Waals surface area contributed by atoms with Gasteiger partial charge in [-0.2, -0.15) is 5.10 Å². The zero-order valence-electron chi connectivity index (χ0n) is 15.7. The molecule has 1 spiro atoms. The number of hydrogen-bond acceptors (Lipinski definition) is 3. The van der Waals surface area contributed by atoms with Crippen molar-refractivity contribution < 1.29 is 4.74 Å². The Kier molecular flexibility index (Phi) is 4.16. The van der Waals surface area contributed by atoms with Crippen molar-refractivity contribution in [2.45, 2.75) is 57.2 Å². The van der Waals surface area contributed by atoms with Gasteiger partial charge in [-0.1, -0.05) is 55.3 Å². The van der Waals surface area contributed by atoms with E-state index in [0.717, 1.165) is 41.7 Å². The van der Waals surface area contributed by atoms with Crippen molar-refractivity contribution in [1.82, 2.24) is 5.01 Å². The Labute approximate surface area is 166 Å². The SMILES string of the molecule is CCC1CCC2(CC1)Oc1ccc(Cl)cc1[C@H]1CC(c3ccccc3)=NN12. The summed E-state index contributed by atoms with van der Waals surface area (Å²) in [5.41, 5.74) is 3.20. The highest BCUT2D eigenvalue weighted by molar-refractivity contribution is 6.30. The molecule has 5 rings (SSSR count). The van der Waals surface area contributed by atoms with Crippen molar-refractivity contribution in [2.24, 2.45) is 11.0 Å². The van der Waals surface area contributed by atoms with E-state index in [9.17, 15) is 0 Å². The minimum absolute atomic E-state index is 0.209. The monoisotopic (exact) mass is 380 g/mol. The number of benzene rings is 2. The lowest BCUT2D eigenvalue weighted by Gasteiger charge is -2.50. The summed E-state index contributed by atoms with van der Waals surface area (Å²) in [4.78, 5) is 0. The van der Waals surface area contributed by atoms with Crippen LogP contribution in [0.3, 0.4) is 0 Å². The van der Waals surface area contributed by atoms with E-state index >= 15 is 0 Å². The number of fused-ring (bicyclic) bond motifs is 4. The van der Waals surface area contributed by atoms with Gasteiger partial charge in [-0.05, 0) is 42.5 Å². The molecule has 1 fully saturated rings. The summed E-state index contributed by atoms with van der Waals surface area (Å²) in [6.07, 6.45) is 6.65. The third-order valence-electron chi connectivity index (χ3n) is 6.53. The second kappa shape index (κ2) is 6.56. The molecule has 4 heteroatoms. The predicted octanol–water partition coefficient (Wildman–Crippen LogP) is 6.18. The van der Waals surface area contributed by atoms with Crippen molar-refractivity contribution >= 4 is 17.3 Å². The topological polar surface area (TPSA) is 24.8 Å². The zero-order chi connectivity index (χ0) is 18.4. The molecule has 2 aromatic rings. The van der Waals surface area contributed by atoms with Gasteiger partial charge in [0, 0.05) is 29.8 Å². The minimum atomic E-state index is -0.312. The van der Waals surface area contributed by atoms with E-state index in [0.29, 0.717) is 0 Å². The first-order valence-corrected chi connectivity index (χ1v) is 10.5. The maximum absolute atomic E-state index is 6.67. The van der Waals surface area contributed by atoms with Crippen LogP contribution in [0.15, 0.2) is 53.6 Å². The molecule has 27 heavy (non-hydrogen) atoms. The number of hydrogen-bond donors (Lipinski definition) is 0. The van der Waals surface area contributed by atoms with E-state index < -0.39 is 0 Å². The molecule has 0 saturated heterocycles. The molecule has 0 bridgehead atoms. The highest BCUT2D eigenvalue weighted by Crippen LogP contribution is 2.52. The summed E-state index contributed by atoms with van der Waals surface area (Å²) in [5.74, 6) is 1.80. The van der Waals surface area contributed by atoms with Crippen LogP contribution in [0.1, 0.15) is 62.6 Å². The fraction of sp³-hybridized carbons (Fsp3) is 0.435. The first-order chi connectivity index (χ1) is 13.2. The Morgan fingerprint density at radius 3 is 2.67 bits per heavy atom. The van der Waals surface area contributed by atoms with Gasteiger partial charge in [-0.3, -0.25) is 0 Å². The van der Waals surface area contributed by atoms with Gasteiger partial charge in [0.05, 0.1) is 11.8 Å². The van der Waals surface area contributed by atoms with Crippen LogP contribution in [-0.4, -0.2) is 16.4 Å². The maximum Gasteiger partial charge on any atom is 0.198 e. The Bertz CT molecular complexity index is 871. The fourth-order valence-corrected chi connectivity index (χ4v) is 5.11. The molecule has 3 nitrogen and oxygen atoms in total. The standard InChI is InChI=1S/C23H25ClN2O/c1-2-16-10-12-23(13-11-16)26-21(19-14-18(24)8-9-22(19)27-23)15-20(25-26)17-6-4-3-5-7-17/h3-9,14,16,21H,2,10-13,15H2,1H3/t16?,21-,23?/m1/s1. The summed E-state index contributed by atoms with van der Waals surface area (Å²) in [7, 11) is 0. The molecule has 1 atom stereocenters. The van der Waals surface area contributed by atoms with E-state index in [4.69, 9.17) is 21.4 Å². The maximum atomic E-state index is 6.67. The van der Waals surface area contributed by atoms with Crippen LogP contribution < -0.4 is 4.74 Å². The molecule has 2 aliphatic heterocycles. The average molecular weight is 381 g/mol. The quantitative estimate of drug-likeness (QED) is 0.621. The molecule has 2 aromatic carbocycles. The van der Waals surface area contributed by atoms with Gasteiger partial charge in [0.2, 0.25) is 0 Å². The van der Waals surface area contributed by atoms with Crippen molar-refractivity contribution in [3.05, 3.63) is 64.7 Å². The molecule has 3 aliphatic rings. The third kappa shape index (κ3) is 2.84. The minimum Gasteiger partial charge on any atom is -0.466 e. The fourth-order valence-electron chi connectivity index (χ4n) is 4.93. The van der Waals surface area contributed by atoms with Crippen molar-refractivity contribution in [3.63, 3.8) is 0 Å². The molecule has 0 N–H and O–H groups in total. The lowest BCUT2D eigenvalue weighted by atomic mass is 9.80. The summed E-state index contributed by atoms with van der Waals surface area (Å²) < 4.78 is 6.67. The van der Waals surface area contributed by atoms with Crippen molar-refractivity contribution in [3.8, 4) is 5.75 Å². The first-order valence-electron chi connectivity index (χ1n) is 10.1. The van der Waals surface area contributed by atoms with Crippen LogP contribution in [0.2, 0.25) is 5.02 Å². The lowest BCUT2D eigenvalue weighted by molar-refractivity contribution is -0.146. The molecule has 140 valence electrons. The third-order valence-corrected chi connectivity index (χ3v) is 6.76. The van der Waals surface area contributed by atoms with E-state index in [1.165, 1.54) is 30.4 Å². The van der Waals surface area contributed by atoms with Crippen LogP contribution in [0, 0.1) is 5.92 Å². The number of halogens is 1. The highest BCUT2D eigenvalue weighted by atomic mass is 35.5. The smallest absolute Gasteiger partial charge is 0.198 e. The van der Waals surface area contributed by atoms with E-state index in [-0.39, 0.29) is 11.8 Å². The zero-order valence-corrected chi connectivity index (χ0v) is 16.5. The van der Waals surface area contributed by atoms with Crippen molar-refractivity contribution in [2.75, 3.05) is 0 Å². The highest BCUT2D eigenvalue weighted by Gasteiger charge is 2.51. The normalized spacial score (nSPS) is 29.1. The summed E-state index contributed by atoms with van der Waals surface area (Å²) in [6, 6.07) is 16.8. The first kappa shape index (κ1) is 17.1. The summed E-state index contributed by atoms with van der Waals surface area (Å²) >= 11 is 6.32. The Hall–Kier alpha value is -2.00. The largest absolute Gasteiger partial charge is 0.466 e. The number of hydrazone groups is 1. The van der Waals surface area contributed by atoms with Gasteiger partial charge in [-0.25, -0.2) is 5.01 Å². The van der Waals surface area contributed by atoms with Crippen LogP contribution in [0.4, 0.5) is 0 Å². The Morgan fingerprint density at radius 1 is 1.15 bits per heavy atom. The Balaban J connectivity index is 1.57. The molecular weight excluding hydrogens is 356 g/mol. The van der Waals surface area contributed by atoms with Gasteiger partial charge in [0.25, 0.3) is 0 Å². The molecule has 2 heterocycles. The molecule has 0 unspecified atom stereocenters. The van der Waals surface area contributed by atoms with Gasteiger partial charge in [0.1, 0.15) is 5.75 Å². The summed E-state index contributed by atoms with van der Waals surface area (Å²) in [6.45, 7) is 2.30. The second-order valence-electron chi connectivity index (χ2n) is 8.06. The molecule has 0 aromatic heterocycles. The van der Waals surface area contributed by atoms with Gasteiger partial charge in [-0.15, -0.1) is 0 Å². The van der Waals surface area contributed by atoms with Crippen LogP contribution in [0.5, 0.6) is 5.75 Å². The van der Waals surface area contributed by atoms with Gasteiger partial charge in [0.15, 0.2) is 5.72 Å². The van der Waals surface area contributed by atoms with E-state index in [1.807, 2.05) is 12.1 Å². The average Bonchev–Trinajstić information content (AvgIpc) is 3.17. The lowest BCUT2D eigenvalue weighted by Crippen LogP contribution is -2.55.